The predicted molar refractivity (Wildman–Crippen MR) is 129 cm³/mol. The molecule has 0 amide bonds. The highest BCUT2D eigenvalue weighted by atomic mass is 35.5. The molecule has 3 rings (SSSR count). The van der Waals surface area contributed by atoms with Gasteiger partial charge in [0.15, 0.2) is 11.5 Å². The minimum absolute atomic E-state index is 0. The van der Waals surface area contributed by atoms with Gasteiger partial charge >= 0.3 is 0 Å². The van der Waals surface area contributed by atoms with Crippen LogP contribution in [0.1, 0.15) is 63.0 Å². The summed E-state index contributed by atoms with van der Waals surface area (Å²) in [7, 11) is 0. The van der Waals surface area contributed by atoms with Crippen LogP contribution in [0.15, 0.2) is 36.4 Å². The number of ether oxygens (including phenoxy) is 2. The lowest BCUT2D eigenvalue weighted by atomic mass is 9.96. The number of rotatable bonds is 8. The molecule has 30 heavy (non-hydrogen) atoms. The van der Waals surface area contributed by atoms with Gasteiger partial charge in [-0.25, -0.2) is 0 Å². The fourth-order valence-corrected chi connectivity index (χ4v) is 4.20. The summed E-state index contributed by atoms with van der Waals surface area (Å²) in [6.07, 6.45) is 9.26. The van der Waals surface area contributed by atoms with Crippen LogP contribution in [0.4, 0.5) is 0 Å². The summed E-state index contributed by atoms with van der Waals surface area (Å²) in [4.78, 5) is 0. The van der Waals surface area contributed by atoms with Gasteiger partial charge in [-0.15, -0.1) is 12.4 Å². The minimum atomic E-state index is 0. The monoisotopic (exact) mass is 471 g/mol. The van der Waals surface area contributed by atoms with Crippen LogP contribution in [0.25, 0.3) is 0 Å². The van der Waals surface area contributed by atoms with Gasteiger partial charge in [0.05, 0.1) is 11.6 Å². The van der Waals surface area contributed by atoms with Crippen molar-refractivity contribution in [2.45, 2.75) is 71.1 Å². The summed E-state index contributed by atoms with van der Waals surface area (Å²) in [5.41, 5.74) is 2.15. The predicted octanol–water partition coefficient (Wildman–Crippen LogP) is 7.60. The highest BCUT2D eigenvalue weighted by Crippen LogP contribution is 2.37. The van der Waals surface area contributed by atoms with Crippen molar-refractivity contribution in [1.82, 2.24) is 5.32 Å². The molecule has 0 atom stereocenters. The topological polar surface area (TPSA) is 30.5 Å². The summed E-state index contributed by atoms with van der Waals surface area (Å²) < 4.78 is 11.8. The second-order valence-electron chi connectivity index (χ2n) is 7.68. The summed E-state index contributed by atoms with van der Waals surface area (Å²) >= 11 is 12.5. The highest BCUT2D eigenvalue weighted by molar-refractivity contribution is 6.32. The van der Waals surface area contributed by atoms with Gasteiger partial charge in [-0.2, -0.15) is 0 Å². The van der Waals surface area contributed by atoms with E-state index in [0.29, 0.717) is 40.8 Å². The molecular formula is C24H32Cl3NO2. The Bertz CT molecular complexity index is 760. The van der Waals surface area contributed by atoms with Crippen LogP contribution >= 0.6 is 35.6 Å². The first-order chi connectivity index (χ1) is 14.2. The average molecular weight is 473 g/mol. The molecule has 0 saturated heterocycles. The van der Waals surface area contributed by atoms with Crippen LogP contribution in [0.5, 0.6) is 11.5 Å². The van der Waals surface area contributed by atoms with Crippen LogP contribution in [0, 0.1) is 0 Å². The third kappa shape index (κ3) is 7.85. The van der Waals surface area contributed by atoms with Gasteiger partial charge in [0, 0.05) is 17.6 Å². The van der Waals surface area contributed by atoms with Gasteiger partial charge in [0.1, 0.15) is 6.61 Å². The molecule has 2 aromatic carbocycles. The van der Waals surface area contributed by atoms with Gasteiger partial charge < -0.3 is 14.8 Å². The molecule has 166 valence electrons. The highest BCUT2D eigenvalue weighted by Gasteiger charge is 2.15. The lowest BCUT2D eigenvalue weighted by Gasteiger charge is -2.22. The summed E-state index contributed by atoms with van der Waals surface area (Å²) in [5, 5.41) is 5.01. The summed E-state index contributed by atoms with van der Waals surface area (Å²) in [6, 6.07) is 12.2. The normalized spacial score (nSPS) is 15.0. The molecule has 0 unspecified atom stereocenters. The van der Waals surface area contributed by atoms with Crippen molar-refractivity contribution < 1.29 is 9.47 Å². The van der Waals surface area contributed by atoms with Crippen LogP contribution in [0.3, 0.4) is 0 Å². The maximum absolute atomic E-state index is 6.58. The molecule has 0 radical (unpaired) electrons. The molecule has 1 fully saturated rings. The molecule has 0 heterocycles. The third-order valence-corrected chi connectivity index (χ3v) is 5.90. The maximum atomic E-state index is 6.58. The second-order valence-corrected chi connectivity index (χ2v) is 8.52. The molecule has 3 nitrogen and oxygen atoms in total. The molecule has 1 N–H and O–H groups in total. The molecule has 0 aliphatic heterocycles. The fourth-order valence-electron chi connectivity index (χ4n) is 3.79. The first-order valence-corrected chi connectivity index (χ1v) is 11.5. The maximum Gasteiger partial charge on any atom is 0.180 e. The Hall–Kier alpha value is -1.13. The zero-order chi connectivity index (χ0) is 20.5. The average Bonchev–Trinajstić information content (AvgIpc) is 2.68. The number of halogens is 3. The number of benzene rings is 2. The Kier molecular flexibility index (Phi) is 11.2. The van der Waals surface area contributed by atoms with Gasteiger partial charge in [0.2, 0.25) is 0 Å². The molecular weight excluding hydrogens is 441 g/mol. The quantitative estimate of drug-likeness (QED) is 0.429. The smallest absolute Gasteiger partial charge is 0.180 e. The first-order valence-electron chi connectivity index (χ1n) is 10.7. The van der Waals surface area contributed by atoms with Crippen LogP contribution < -0.4 is 14.8 Å². The van der Waals surface area contributed by atoms with E-state index < -0.39 is 0 Å². The molecule has 2 aromatic rings. The molecule has 1 aliphatic carbocycles. The summed E-state index contributed by atoms with van der Waals surface area (Å²) in [6.45, 7) is 3.74. The Balaban J connectivity index is 0.00000320. The Labute approximate surface area is 196 Å². The van der Waals surface area contributed by atoms with Crippen LogP contribution in [-0.2, 0) is 13.2 Å². The third-order valence-electron chi connectivity index (χ3n) is 5.37. The van der Waals surface area contributed by atoms with Crippen molar-refractivity contribution in [3.05, 3.63) is 57.6 Å². The van der Waals surface area contributed by atoms with Crippen LogP contribution in [0.2, 0.25) is 10.0 Å². The van der Waals surface area contributed by atoms with E-state index in [9.17, 15) is 0 Å². The van der Waals surface area contributed by atoms with Crippen molar-refractivity contribution in [2.75, 3.05) is 6.61 Å². The van der Waals surface area contributed by atoms with Crippen LogP contribution in [-0.4, -0.2) is 12.6 Å². The first kappa shape index (κ1) is 25.1. The van der Waals surface area contributed by atoms with Crippen molar-refractivity contribution >= 4 is 35.6 Å². The van der Waals surface area contributed by atoms with Crippen molar-refractivity contribution in [1.29, 1.82) is 0 Å². The minimum Gasteiger partial charge on any atom is -0.490 e. The Morgan fingerprint density at radius 3 is 2.23 bits per heavy atom. The Morgan fingerprint density at radius 2 is 1.57 bits per heavy atom. The number of nitrogens with one attached hydrogen (secondary N) is 1. The van der Waals surface area contributed by atoms with E-state index >= 15 is 0 Å². The van der Waals surface area contributed by atoms with Gasteiger partial charge in [0.25, 0.3) is 0 Å². The van der Waals surface area contributed by atoms with E-state index in [1.54, 1.807) is 0 Å². The molecule has 1 saturated carbocycles. The SMILES string of the molecule is CCOc1cc(CNC2CCCCCCC2)cc(Cl)c1OCc1ccc(Cl)cc1.Cl. The lowest BCUT2D eigenvalue weighted by molar-refractivity contribution is 0.269. The summed E-state index contributed by atoms with van der Waals surface area (Å²) in [5.74, 6) is 1.29. The van der Waals surface area contributed by atoms with E-state index in [1.165, 1.54) is 44.9 Å². The largest absolute Gasteiger partial charge is 0.490 e. The molecule has 1 aliphatic rings. The molecule has 0 aromatic heterocycles. The standard InChI is InChI=1S/C24H31Cl2NO2.ClH/c1-2-28-23-15-19(16-27-21-8-6-4-3-5-7-9-21)14-22(26)24(23)29-17-18-10-12-20(25)13-11-18;/h10-15,21,27H,2-9,16-17H2,1H3;1H. The van der Waals surface area contributed by atoms with E-state index in [1.807, 2.05) is 43.3 Å². The number of hydrogen-bond acceptors (Lipinski definition) is 3. The zero-order valence-electron chi connectivity index (χ0n) is 17.6. The lowest BCUT2D eigenvalue weighted by Crippen LogP contribution is -2.29. The van der Waals surface area contributed by atoms with Gasteiger partial charge in [-0.1, -0.05) is 67.4 Å². The van der Waals surface area contributed by atoms with E-state index in [-0.39, 0.29) is 12.4 Å². The Morgan fingerprint density at radius 1 is 0.900 bits per heavy atom. The van der Waals surface area contributed by atoms with E-state index in [4.69, 9.17) is 32.7 Å². The molecule has 0 spiro atoms. The molecule has 0 bridgehead atoms. The second kappa shape index (κ2) is 13.3. The van der Waals surface area contributed by atoms with E-state index in [2.05, 4.69) is 5.32 Å². The molecule has 6 heteroatoms. The van der Waals surface area contributed by atoms with Crippen molar-refractivity contribution in [3.63, 3.8) is 0 Å². The fraction of sp³-hybridized carbons (Fsp3) is 0.500. The van der Waals surface area contributed by atoms with Crippen molar-refractivity contribution in [2.24, 2.45) is 0 Å². The number of hydrogen-bond donors (Lipinski definition) is 1. The van der Waals surface area contributed by atoms with Gasteiger partial charge in [-0.05, 0) is 55.2 Å². The van der Waals surface area contributed by atoms with Crippen molar-refractivity contribution in [3.8, 4) is 11.5 Å². The van der Waals surface area contributed by atoms with E-state index in [0.717, 1.165) is 17.7 Å². The van der Waals surface area contributed by atoms with Gasteiger partial charge in [-0.3, -0.25) is 0 Å². The zero-order valence-corrected chi connectivity index (χ0v) is 19.9.